The van der Waals surface area contributed by atoms with Crippen LogP contribution in [-0.2, 0) is 0 Å². The Kier molecular flexibility index (Phi) is 2.05. The Balaban J connectivity index is 2.26. The van der Waals surface area contributed by atoms with Crippen LogP contribution in [0, 0.1) is 29.6 Å². The Labute approximate surface area is 82.4 Å². The standard InChI is InChI=1S/C13H22/c1-6-11-7(2)8(3)12-10(5)13(12)9(11)4/h7-11H,6H2,1-5H3. The molecule has 0 radical (unpaired) electrons. The van der Waals surface area contributed by atoms with Gasteiger partial charge in [0.25, 0.3) is 0 Å². The maximum atomic E-state index is 2.45. The Bertz CT molecular complexity index is 249. The molecule has 0 aromatic heterocycles. The van der Waals surface area contributed by atoms with Gasteiger partial charge in [-0.2, -0.15) is 0 Å². The monoisotopic (exact) mass is 178 g/mol. The zero-order chi connectivity index (χ0) is 9.75. The number of hydrogen-bond acceptors (Lipinski definition) is 0. The fourth-order valence-corrected chi connectivity index (χ4v) is 3.76. The van der Waals surface area contributed by atoms with Crippen molar-refractivity contribution >= 4 is 0 Å². The molecule has 0 aromatic carbocycles. The van der Waals surface area contributed by atoms with Crippen LogP contribution in [0.4, 0.5) is 0 Å². The molecule has 0 heteroatoms. The molecule has 0 saturated carbocycles. The predicted molar refractivity (Wildman–Crippen MR) is 57.5 cm³/mol. The molecule has 5 unspecified atom stereocenters. The summed E-state index contributed by atoms with van der Waals surface area (Å²) in [5.74, 6) is 4.46. The van der Waals surface area contributed by atoms with Gasteiger partial charge in [0.1, 0.15) is 0 Å². The Hall–Kier alpha value is -0.260. The molecule has 0 heterocycles. The van der Waals surface area contributed by atoms with Crippen molar-refractivity contribution < 1.29 is 0 Å². The van der Waals surface area contributed by atoms with Gasteiger partial charge < -0.3 is 0 Å². The molecule has 2 rings (SSSR count). The first-order valence-corrected chi connectivity index (χ1v) is 5.83. The van der Waals surface area contributed by atoms with Crippen molar-refractivity contribution in [1.82, 2.24) is 0 Å². The lowest BCUT2D eigenvalue weighted by molar-refractivity contribution is 0.222. The SMILES string of the molecule is CCC1C(C)C2=C(C2C)C(C)C1C. The van der Waals surface area contributed by atoms with Crippen LogP contribution in [0.1, 0.15) is 41.0 Å². The molecule has 2 aliphatic rings. The lowest BCUT2D eigenvalue weighted by Crippen LogP contribution is -2.26. The van der Waals surface area contributed by atoms with E-state index in [1.807, 2.05) is 11.1 Å². The summed E-state index contributed by atoms with van der Waals surface area (Å²) in [5.41, 5.74) is 3.63. The molecule has 0 aliphatic heterocycles. The maximum absolute atomic E-state index is 2.45. The fraction of sp³-hybridized carbons (Fsp3) is 0.846. The molecule has 13 heavy (non-hydrogen) atoms. The van der Waals surface area contributed by atoms with Crippen LogP contribution in [0.25, 0.3) is 0 Å². The van der Waals surface area contributed by atoms with Gasteiger partial charge in [-0.05, 0) is 29.6 Å². The summed E-state index contributed by atoms with van der Waals surface area (Å²) < 4.78 is 0. The second kappa shape index (κ2) is 2.87. The molecule has 0 bridgehead atoms. The molecule has 5 atom stereocenters. The highest BCUT2D eigenvalue weighted by Gasteiger charge is 2.48. The lowest BCUT2D eigenvalue weighted by atomic mass is 9.71. The van der Waals surface area contributed by atoms with E-state index in [1.165, 1.54) is 6.42 Å². The summed E-state index contributed by atoms with van der Waals surface area (Å²) in [6.07, 6.45) is 1.36. The summed E-state index contributed by atoms with van der Waals surface area (Å²) in [6.45, 7) is 12.1. The van der Waals surface area contributed by atoms with Gasteiger partial charge in [-0.3, -0.25) is 0 Å². The van der Waals surface area contributed by atoms with Crippen molar-refractivity contribution in [2.24, 2.45) is 29.6 Å². The quantitative estimate of drug-likeness (QED) is 0.534. The molecule has 0 spiro atoms. The molecule has 0 N–H and O–H groups in total. The van der Waals surface area contributed by atoms with Gasteiger partial charge in [-0.25, -0.2) is 0 Å². The van der Waals surface area contributed by atoms with Gasteiger partial charge in [0.15, 0.2) is 0 Å². The molecule has 0 saturated heterocycles. The smallest absolute Gasteiger partial charge is 0.000987 e. The molecule has 0 aromatic rings. The van der Waals surface area contributed by atoms with Crippen LogP contribution >= 0.6 is 0 Å². The average molecular weight is 178 g/mol. The van der Waals surface area contributed by atoms with Crippen molar-refractivity contribution in [2.45, 2.75) is 41.0 Å². The predicted octanol–water partition coefficient (Wildman–Crippen LogP) is 3.88. The Morgan fingerprint density at radius 2 is 1.46 bits per heavy atom. The summed E-state index contributed by atoms with van der Waals surface area (Å²) >= 11 is 0. The molecular weight excluding hydrogens is 156 g/mol. The molecule has 0 nitrogen and oxygen atoms in total. The van der Waals surface area contributed by atoms with E-state index in [0.717, 1.165) is 29.6 Å². The highest BCUT2D eigenvalue weighted by atomic mass is 14.5. The first-order valence-electron chi connectivity index (χ1n) is 5.83. The number of allylic oxidation sites excluding steroid dienone is 2. The van der Waals surface area contributed by atoms with E-state index in [0.29, 0.717) is 0 Å². The Morgan fingerprint density at radius 1 is 0.923 bits per heavy atom. The highest BCUT2D eigenvalue weighted by molar-refractivity contribution is 5.45. The molecule has 0 fully saturated rings. The zero-order valence-corrected chi connectivity index (χ0v) is 9.59. The van der Waals surface area contributed by atoms with Gasteiger partial charge in [-0.1, -0.05) is 52.2 Å². The van der Waals surface area contributed by atoms with E-state index in [1.54, 1.807) is 0 Å². The molecular formula is C13H22. The number of hydrogen-bond donors (Lipinski definition) is 0. The van der Waals surface area contributed by atoms with Crippen LogP contribution < -0.4 is 0 Å². The zero-order valence-electron chi connectivity index (χ0n) is 9.59. The second-order valence-electron chi connectivity index (χ2n) is 5.14. The van der Waals surface area contributed by atoms with E-state index in [4.69, 9.17) is 0 Å². The van der Waals surface area contributed by atoms with Gasteiger partial charge in [0.05, 0.1) is 0 Å². The first kappa shape index (κ1) is 9.30. The summed E-state index contributed by atoms with van der Waals surface area (Å²) in [5, 5.41) is 0. The lowest BCUT2D eigenvalue weighted by Gasteiger charge is -2.33. The minimum atomic E-state index is 0.865. The third kappa shape index (κ3) is 1.11. The third-order valence-electron chi connectivity index (χ3n) is 4.74. The molecule has 74 valence electrons. The van der Waals surface area contributed by atoms with E-state index in [2.05, 4.69) is 34.6 Å². The van der Waals surface area contributed by atoms with E-state index < -0.39 is 0 Å². The summed E-state index contributed by atoms with van der Waals surface area (Å²) in [6, 6.07) is 0. The van der Waals surface area contributed by atoms with Gasteiger partial charge >= 0.3 is 0 Å². The normalized spacial score (nSPS) is 49.2. The number of rotatable bonds is 1. The van der Waals surface area contributed by atoms with Crippen molar-refractivity contribution in [3.8, 4) is 0 Å². The van der Waals surface area contributed by atoms with E-state index in [-0.39, 0.29) is 0 Å². The van der Waals surface area contributed by atoms with Gasteiger partial charge in [-0.15, -0.1) is 0 Å². The van der Waals surface area contributed by atoms with Crippen molar-refractivity contribution in [3.63, 3.8) is 0 Å². The molecule has 0 amide bonds. The Morgan fingerprint density at radius 3 is 2.00 bits per heavy atom. The summed E-state index contributed by atoms with van der Waals surface area (Å²) in [7, 11) is 0. The fourth-order valence-electron chi connectivity index (χ4n) is 3.76. The minimum absolute atomic E-state index is 0.865. The van der Waals surface area contributed by atoms with Gasteiger partial charge in [0.2, 0.25) is 0 Å². The van der Waals surface area contributed by atoms with Crippen molar-refractivity contribution in [1.29, 1.82) is 0 Å². The van der Waals surface area contributed by atoms with Gasteiger partial charge in [0, 0.05) is 0 Å². The van der Waals surface area contributed by atoms with Crippen molar-refractivity contribution in [2.75, 3.05) is 0 Å². The van der Waals surface area contributed by atoms with E-state index in [9.17, 15) is 0 Å². The van der Waals surface area contributed by atoms with Crippen LogP contribution in [0.2, 0.25) is 0 Å². The molecule has 2 aliphatic carbocycles. The third-order valence-corrected chi connectivity index (χ3v) is 4.74. The first-order chi connectivity index (χ1) is 6.09. The minimum Gasteiger partial charge on any atom is -0.0651 e. The van der Waals surface area contributed by atoms with Crippen molar-refractivity contribution in [3.05, 3.63) is 11.1 Å². The summed E-state index contributed by atoms with van der Waals surface area (Å²) in [4.78, 5) is 0. The topological polar surface area (TPSA) is 0 Å². The van der Waals surface area contributed by atoms with E-state index >= 15 is 0 Å². The largest absolute Gasteiger partial charge is 0.0651 e. The maximum Gasteiger partial charge on any atom is -0.000987 e. The average Bonchev–Trinajstić information content (AvgIpc) is 2.75. The van der Waals surface area contributed by atoms with Crippen LogP contribution in [-0.4, -0.2) is 0 Å². The van der Waals surface area contributed by atoms with Crippen LogP contribution in [0.5, 0.6) is 0 Å². The van der Waals surface area contributed by atoms with Crippen LogP contribution in [0.3, 0.4) is 0 Å². The second-order valence-corrected chi connectivity index (χ2v) is 5.14. The van der Waals surface area contributed by atoms with Crippen LogP contribution in [0.15, 0.2) is 11.1 Å². The highest BCUT2D eigenvalue weighted by Crippen LogP contribution is 2.58.